The second-order valence-corrected chi connectivity index (χ2v) is 5.04. The minimum Gasteiger partial charge on any atom is -0.396 e. The fraction of sp³-hybridized carbons (Fsp3) is 0.917. The van der Waals surface area contributed by atoms with E-state index in [4.69, 9.17) is 10.8 Å². The molecule has 4 nitrogen and oxygen atoms in total. The fourth-order valence-electron chi connectivity index (χ4n) is 2.65. The van der Waals surface area contributed by atoms with Crippen molar-refractivity contribution >= 4 is 5.96 Å². The van der Waals surface area contributed by atoms with E-state index < -0.39 is 0 Å². The number of hydrogen-bond donors (Lipinski definition) is 2. The van der Waals surface area contributed by atoms with Crippen molar-refractivity contribution in [3.8, 4) is 0 Å². The molecule has 0 radical (unpaired) electrons. The van der Waals surface area contributed by atoms with Gasteiger partial charge < -0.3 is 15.7 Å². The van der Waals surface area contributed by atoms with Crippen molar-refractivity contribution in [2.75, 3.05) is 19.7 Å². The van der Waals surface area contributed by atoms with Crippen molar-refractivity contribution in [3.05, 3.63) is 0 Å². The molecule has 0 aromatic rings. The maximum atomic E-state index is 9.07. The van der Waals surface area contributed by atoms with Crippen molar-refractivity contribution in [2.24, 2.45) is 16.6 Å². The smallest absolute Gasteiger partial charge is 0.191 e. The molecule has 0 aromatic heterocycles. The summed E-state index contributed by atoms with van der Waals surface area (Å²) in [6.07, 6.45) is 7.08. The molecule has 2 aliphatic rings. The Morgan fingerprint density at radius 3 is 2.38 bits per heavy atom. The van der Waals surface area contributed by atoms with E-state index >= 15 is 0 Å². The topological polar surface area (TPSA) is 61.8 Å². The minimum absolute atomic E-state index is 0.313. The zero-order chi connectivity index (χ0) is 11.4. The van der Waals surface area contributed by atoms with Crippen LogP contribution in [0.25, 0.3) is 0 Å². The van der Waals surface area contributed by atoms with Gasteiger partial charge in [0.25, 0.3) is 0 Å². The first-order valence-corrected chi connectivity index (χ1v) is 6.48. The molecule has 0 atom stereocenters. The summed E-state index contributed by atoms with van der Waals surface area (Å²) in [6, 6.07) is 0.468. The van der Waals surface area contributed by atoms with Gasteiger partial charge in [-0.1, -0.05) is 12.8 Å². The molecule has 2 fully saturated rings. The lowest BCUT2D eigenvalue weighted by molar-refractivity contribution is 0.165. The van der Waals surface area contributed by atoms with Crippen molar-refractivity contribution < 1.29 is 5.11 Å². The number of nitrogens with zero attached hydrogens (tertiary/aromatic N) is 2. The van der Waals surface area contributed by atoms with E-state index in [-0.39, 0.29) is 0 Å². The zero-order valence-electron chi connectivity index (χ0n) is 9.94. The summed E-state index contributed by atoms with van der Waals surface area (Å²) < 4.78 is 0. The Labute approximate surface area is 97.5 Å². The molecule has 0 spiro atoms. The summed E-state index contributed by atoms with van der Waals surface area (Å²) in [4.78, 5) is 6.78. The molecule has 0 unspecified atom stereocenters. The van der Waals surface area contributed by atoms with Crippen LogP contribution in [0.15, 0.2) is 4.99 Å². The van der Waals surface area contributed by atoms with Gasteiger partial charge in [0.05, 0.1) is 6.04 Å². The Bertz CT molecular complexity index is 241. The van der Waals surface area contributed by atoms with Crippen LogP contribution in [0.2, 0.25) is 0 Å². The van der Waals surface area contributed by atoms with E-state index in [0.717, 1.165) is 31.9 Å². The van der Waals surface area contributed by atoms with Crippen LogP contribution in [-0.2, 0) is 0 Å². The van der Waals surface area contributed by atoms with Gasteiger partial charge in [0, 0.05) is 19.7 Å². The standard InChI is InChI=1S/C12H23N3O/c13-12(14-11-3-1-2-4-11)15-7-5-10(9-16)6-8-15/h10-11,16H,1-9H2,(H2,13,14). The van der Waals surface area contributed by atoms with Crippen molar-refractivity contribution in [2.45, 2.75) is 44.6 Å². The first-order valence-electron chi connectivity index (χ1n) is 6.48. The largest absolute Gasteiger partial charge is 0.396 e. The summed E-state index contributed by atoms with van der Waals surface area (Å²) in [5, 5.41) is 9.07. The van der Waals surface area contributed by atoms with Gasteiger partial charge >= 0.3 is 0 Å². The van der Waals surface area contributed by atoms with E-state index in [2.05, 4.69) is 9.89 Å². The molecule has 1 saturated carbocycles. The number of aliphatic hydroxyl groups excluding tert-OH is 1. The number of rotatable bonds is 2. The minimum atomic E-state index is 0.313. The predicted octanol–water partition coefficient (Wildman–Crippen LogP) is 0.948. The van der Waals surface area contributed by atoms with E-state index in [1.54, 1.807) is 0 Å². The molecule has 1 heterocycles. The highest BCUT2D eigenvalue weighted by Crippen LogP contribution is 2.22. The maximum Gasteiger partial charge on any atom is 0.191 e. The Morgan fingerprint density at radius 1 is 1.19 bits per heavy atom. The third-order valence-corrected chi connectivity index (χ3v) is 3.84. The SMILES string of the molecule is NC(=NC1CCCC1)N1CCC(CO)CC1. The van der Waals surface area contributed by atoms with E-state index in [1.807, 2.05) is 0 Å². The fourth-order valence-corrected chi connectivity index (χ4v) is 2.65. The average Bonchev–Trinajstić information content (AvgIpc) is 2.82. The summed E-state index contributed by atoms with van der Waals surface area (Å²) in [5.74, 6) is 1.19. The Kier molecular flexibility index (Phi) is 4.04. The van der Waals surface area contributed by atoms with Gasteiger partial charge in [0.15, 0.2) is 5.96 Å². The lowest BCUT2D eigenvalue weighted by Crippen LogP contribution is -2.43. The number of nitrogens with two attached hydrogens (primary N) is 1. The summed E-state index contributed by atoms with van der Waals surface area (Å²) in [7, 11) is 0. The molecule has 2 rings (SSSR count). The molecule has 0 aromatic carbocycles. The quantitative estimate of drug-likeness (QED) is 0.543. The lowest BCUT2D eigenvalue weighted by atomic mass is 9.98. The van der Waals surface area contributed by atoms with Gasteiger partial charge in [-0.15, -0.1) is 0 Å². The van der Waals surface area contributed by atoms with Crippen LogP contribution in [0.3, 0.4) is 0 Å². The molecule has 1 aliphatic carbocycles. The predicted molar refractivity (Wildman–Crippen MR) is 65.3 cm³/mol. The van der Waals surface area contributed by atoms with Crippen molar-refractivity contribution in [3.63, 3.8) is 0 Å². The number of aliphatic imine (C=N–C) groups is 1. The zero-order valence-corrected chi connectivity index (χ0v) is 9.94. The highest BCUT2D eigenvalue weighted by molar-refractivity contribution is 5.78. The highest BCUT2D eigenvalue weighted by Gasteiger charge is 2.21. The number of aliphatic hydroxyl groups is 1. The first-order chi connectivity index (χ1) is 7.79. The second-order valence-electron chi connectivity index (χ2n) is 5.04. The summed E-state index contributed by atoms with van der Waals surface area (Å²) in [5.41, 5.74) is 6.03. The summed E-state index contributed by atoms with van der Waals surface area (Å²) >= 11 is 0. The molecule has 16 heavy (non-hydrogen) atoms. The Balaban J connectivity index is 1.83. The molecule has 0 amide bonds. The number of guanidine groups is 1. The van der Waals surface area contributed by atoms with Gasteiger partial charge in [0.1, 0.15) is 0 Å². The van der Waals surface area contributed by atoms with Gasteiger partial charge in [-0.25, -0.2) is 4.99 Å². The Morgan fingerprint density at radius 2 is 1.81 bits per heavy atom. The van der Waals surface area contributed by atoms with Crippen LogP contribution in [0, 0.1) is 5.92 Å². The van der Waals surface area contributed by atoms with Crippen LogP contribution in [0.1, 0.15) is 38.5 Å². The van der Waals surface area contributed by atoms with Gasteiger partial charge in [-0.3, -0.25) is 0 Å². The molecule has 3 N–H and O–H groups in total. The highest BCUT2D eigenvalue weighted by atomic mass is 16.3. The average molecular weight is 225 g/mol. The molecular weight excluding hydrogens is 202 g/mol. The third-order valence-electron chi connectivity index (χ3n) is 3.84. The second kappa shape index (κ2) is 5.53. The monoisotopic (exact) mass is 225 g/mol. The number of hydrogen-bond acceptors (Lipinski definition) is 2. The number of likely N-dealkylation sites (tertiary alicyclic amines) is 1. The van der Waals surface area contributed by atoms with Crippen molar-refractivity contribution in [1.82, 2.24) is 4.90 Å². The van der Waals surface area contributed by atoms with Crippen LogP contribution in [0.5, 0.6) is 0 Å². The van der Waals surface area contributed by atoms with E-state index in [1.165, 1.54) is 25.7 Å². The van der Waals surface area contributed by atoms with Crippen LogP contribution >= 0.6 is 0 Å². The van der Waals surface area contributed by atoms with Gasteiger partial charge in [-0.2, -0.15) is 0 Å². The van der Waals surface area contributed by atoms with Crippen molar-refractivity contribution in [1.29, 1.82) is 0 Å². The van der Waals surface area contributed by atoms with Gasteiger partial charge in [0.2, 0.25) is 0 Å². The molecule has 4 heteroatoms. The maximum absolute atomic E-state index is 9.07. The van der Waals surface area contributed by atoms with Crippen LogP contribution < -0.4 is 5.73 Å². The van der Waals surface area contributed by atoms with Crippen LogP contribution in [0.4, 0.5) is 0 Å². The molecule has 1 aliphatic heterocycles. The third kappa shape index (κ3) is 2.88. The molecule has 1 saturated heterocycles. The lowest BCUT2D eigenvalue weighted by Gasteiger charge is -2.32. The van der Waals surface area contributed by atoms with Crippen LogP contribution in [-0.4, -0.2) is 41.7 Å². The summed E-state index contributed by atoms with van der Waals surface area (Å²) in [6.45, 7) is 2.22. The molecule has 0 bridgehead atoms. The van der Waals surface area contributed by atoms with E-state index in [9.17, 15) is 0 Å². The van der Waals surface area contributed by atoms with Gasteiger partial charge in [-0.05, 0) is 31.6 Å². The Hall–Kier alpha value is -0.770. The number of piperidine rings is 1. The first kappa shape index (κ1) is 11.7. The van der Waals surface area contributed by atoms with E-state index in [0.29, 0.717) is 18.6 Å². The molecule has 92 valence electrons. The normalized spacial score (nSPS) is 25.3. The molecular formula is C12H23N3O.